The van der Waals surface area contributed by atoms with Crippen LogP contribution >= 0.6 is 0 Å². The molecule has 0 aliphatic carbocycles. The fourth-order valence-electron chi connectivity index (χ4n) is 3.74. The summed E-state index contributed by atoms with van der Waals surface area (Å²) < 4.78 is 23.7. The van der Waals surface area contributed by atoms with Crippen LogP contribution in [0.15, 0.2) is 48.8 Å². The highest BCUT2D eigenvalue weighted by molar-refractivity contribution is 5.92. The third kappa shape index (κ3) is 5.28. The number of likely N-dealkylation sites (tertiary alicyclic amines) is 1. The van der Waals surface area contributed by atoms with E-state index < -0.39 is 0 Å². The molecule has 2 aromatic heterocycles. The smallest absolute Gasteiger partial charge is 0.246 e. The van der Waals surface area contributed by atoms with Gasteiger partial charge in [0.25, 0.3) is 0 Å². The molecular formula is C24H27N5O5. The molecule has 1 aromatic carbocycles. The van der Waals surface area contributed by atoms with E-state index >= 15 is 0 Å². The van der Waals surface area contributed by atoms with Gasteiger partial charge in [-0.1, -0.05) is 0 Å². The van der Waals surface area contributed by atoms with Gasteiger partial charge in [-0.05, 0) is 35.9 Å². The van der Waals surface area contributed by atoms with Gasteiger partial charge >= 0.3 is 0 Å². The summed E-state index contributed by atoms with van der Waals surface area (Å²) in [6.45, 7) is 1.20. The van der Waals surface area contributed by atoms with Crippen molar-refractivity contribution in [3.63, 3.8) is 0 Å². The molecule has 3 heterocycles. The molecule has 0 unspecified atom stereocenters. The molecule has 0 radical (unpaired) electrons. The van der Waals surface area contributed by atoms with E-state index in [1.165, 1.54) is 0 Å². The quantitative estimate of drug-likeness (QED) is 0.468. The first-order valence-corrected chi connectivity index (χ1v) is 10.9. The molecule has 0 N–H and O–H groups in total. The molecule has 0 spiro atoms. The summed E-state index contributed by atoms with van der Waals surface area (Å²) in [5.74, 6) is 2.60. The molecule has 1 saturated heterocycles. The van der Waals surface area contributed by atoms with E-state index in [0.717, 1.165) is 5.56 Å². The first-order chi connectivity index (χ1) is 16.6. The van der Waals surface area contributed by atoms with Crippen molar-refractivity contribution in [2.75, 3.05) is 34.4 Å². The lowest BCUT2D eigenvalue weighted by Crippen LogP contribution is -2.41. The van der Waals surface area contributed by atoms with Gasteiger partial charge in [0.15, 0.2) is 17.3 Å². The number of hydrogen-bond donors (Lipinski definition) is 0. The number of amides is 1. The molecule has 10 nitrogen and oxygen atoms in total. The lowest BCUT2D eigenvalue weighted by Gasteiger charge is -2.31. The van der Waals surface area contributed by atoms with Gasteiger partial charge in [-0.3, -0.25) is 4.79 Å². The van der Waals surface area contributed by atoms with Crippen molar-refractivity contribution >= 4 is 12.0 Å². The van der Waals surface area contributed by atoms with Gasteiger partial charge < -0.3 is 23.8 Å². The summed E-state index contributed by atoms with van der Waals surface area (Å²) in [5, 5.41) is 12.4. The first kappa shape index (κ1) is 23.1. The summed E-state index contributed by atoms with van der Waals surface area (Å²) in [5.41, 5.74) is 0.776. The Hall–Kier alpha value is -4.08. The highest BCUT2D eigenvalue weighted by atomic mass is 16.5. The molecule has 3 aromatic rings. The van der Waals surface area contributed by atoms with Crippen LogP contribution in [-0.4, -0.2) is 71.3 Å². The van der Waals surface area contributed by atoms with E-state index in [2.05, 4.69) is 15.3 Å². The van der Waals surface area contributed by atoms with Crippen LogP contribution in [0.3, 0.4) is 0 Å². The van der Waals surface area contributed by atoms with Crippen LogP contribution in [-0.2, 0) is 4.79 Å². The van der Waals surface area contributed by atoms with Crippen molar-refractivity contribution < 1.29 is 23.7 Å². The summed E-state index contributed by atoms with van der Waals surface area (Å²) in [6, 6.07) is 9.00. The average Bonchev–Trinajstić information content (AvgIpc) is 3.42. The maximum Gasteiger partial charge on any atom is 0.246 e. The van der Waals surface area contributed by atoms with E-state index in [-0.39, 0.29) is 12.0 Å². The molecule has 10 heteroatoms. The Morgan fingerprint density at radius 3 is 2.32 bits per heavy atom. The van der Waals surface area contributed by atoms with Crippen LogP contribution < -0.4 is 18.9 Å². The van der Waals surface area contributed by atoms with Crippen molar-refractivity contribution in [2.24, 2.45) is 0 Å². The number of ether oxygens (including phenoxy) is 4. The molecule has 34 heavy (non-hydrogen) atoms. The monoisotopic (exact) mass is 465 g/mol. The van der Waals surface area contributed by atoms with Gasteiger partial charge in [0.05, 0.1) is 21.3 Å². The topological polar surface area (TPSA) is 101 Å². The molecule has 178 valence electrons. The predicted molar refractivity (Wildman–Crippen MR) is 125 cm³/mol. The summed E-state index contributed by atoms with van der Waals surface area (Å²) in [4.78, 5) is 14.5. The largest absolute Gasteiger partial charge is 0.493 e. The predicted octanol–water partition coefficient (Wildman–Crippen LogP) is 2.77. The zero-order chi connectivity index (χ0) is 23.9. The Bertz CT molecular complexity index is 1100. The van der Waals surface area contributed by atoms with Crippen LogP contribution in [0, 0.1) is 0 Å². The number of rotatable bonds is 8. The maximum absolute atomic E-state index is 12.7. The molecule has 1 aliphatic rings. The molecule has 0 atom stereocenters. The van der Waals surface area contributed by atoms with E-state index in [1.54, 1.807) is 73.7 Å². The Kier molecular flexibility index (Phi) is 7.26. The number of hydrogen-bond acceptors (Lipinski definition) is 8. The number of methoxy groups -OCH3 is 3. The van der Waals surface area contributed by atoms with Gasteiger partial charge in [-0.15, -0.1) is 10.2 Å². The molecule has 1 fully saturated rings. The van der Waals surface area contributed by atoms with Crippen LogP contribution in [0.1, 0.15) is 18.4 Å². The Morgan fingerprint density at radius 2 is 1.76 bits per heavy atom. The number of nitrogens with zero attached hydrogens (tertiary/aromatic N) is 5. The first-order valence-electron chi connectivity index (χ1n) is 10.9. The van der Waals surface area contributed by atoms with Crippen molar-refractivity contribution in [1.29, 1.82) is 0 Å². The standard InChI is InChI=1S/C24H27N5O5/c1-31-19-15-17(16-20(32-2)24(19)33-3)5-8-23(30)28-13-9-18(10-14-28)34-22-7-6-21(26-27-22)29-12-4-11-25-29/h4-8,11-12,15-16,18H,9-10,13-14H2,1-3H3/b8-5+. The lowest BCUT2D eigenvalue weighted by molar-refractivity contribution is -0.127. The highest BCUT2D eigenvalue weighted by Crippen LogP contribution is 2.38. The molecule has 1 amide bonds. The van der Waals surface area contributed by atoms with Gasteiger partial charge in [0, 0.05) is 50.5 Å². The van der Waals surface area contributed by atoms with Crippen molar-refractivity contribution in [2.45, 2.75) is 18.9 Å². The minimum absolute atomic E-state index is 0.0204. The molecule has 1 aliphatic heterocycles. The normalized spacial score (nSPS) is 14.3. The number of carbonyl (C=O) groups excluding carboxylic acids is 1. The van der Waals surface area contributed by atoms with Crippen LogP contribution in [0.25, 0.3) is 11.9 Å². The van der Waals surface area contributed by atoms with E-state index in [0.29, 0.717) is 54.9 Å². The molecule has 4 rings (SSSR count). The number of carbonyl (C=O) groups is 1. The minimum atomic E-state index is -0.0597. The number of benzene rings is 1. The SMILES string of the molecule is COc1cc(/C=C/C(=O)N2CCC(Oc3ccc(-n4cccn4)nn3)CC2)cc(OC)c1OC. The Morgan fingerprint density at radius 1 is 1.03 bits per heavy atom. The second kappa shape index (κ2) is 10.7. The fraction of sp³-hybridized carbons (Fsp3) is 0.333. The van der Waals surface area contributed by atoms with Crippen LogP contribution in [0.5, 0.6) is 23.1 Å². The Balaban J connectivity index is 1.31. The fourth-order valence-corrected chi connectivity index (χ4v) is 3.74. The van der Waals surface area contributed by atoms with Crippen molar-refractivity contribution in [3.05, 3.63) is 54.4 Å². The second-order valence-electron chi connectivity index (χ2n) is 7.61. The van der Waals surface area contributed by atoms with Gasteiger partial charge in [-0.25, -0.2) is 4.68 Å². The molecule has 0 saturated carbocycles. The number of piperidine rings is 1. The molecule has 0 bridgehead atoms. The lowest BCUT2D eigenvalue weighted by atomic mass is 10.1. The van der Waals surface area contributed by atoms with E-state index in [4.69, 9.17) is 18.9 Å². The van der Waals surface area contributed by atoms with Crippen molar-refractivity contribution in [3.8, 4) is 28.9 Å². The zero-order valence-electron chi connectivity index (χ0n) is 19.4. The second-order valence-corrected chi connectivity index (χ2v) is 7.61. The van der Waals surface area contributed by atoms with Crippen LogP contribution in [0.2, 0.25) is 0 Å². The minimum Gasteiger partial charge on any atom is -0.493 e. The molecular weight excluding hydrogens is 438 g/mol. The zero-order valence-corrected chi connectivity index (χ0v) is 19.4. The van der Waals surface area contributed by atoms with Gasteiger partial charge in [0.1, 0.15) is 6.10 Å². The van der Waals surface area contributed by atoms with E-state index in [1.807, 2.05) is 12.1 Å². The number of aromatic nitrogens is 4. The van der Waals surface area contributed by atoms with E-state index in [9.17, 15) is 4.79 Å². The third-order valence-electron chi connectivity index (χ3n) is 5.51. The highest BCUT2D eigenvalue weighted by Gasteiger charge is 2.23. The average molecular weight is 466 g/mol. The summed E-state index contributed by atoms with van der Waals surface area (Å²) >= 11 is 0. The summed E-state index contributed by atoms with van der Waals surface area (Å²) in [7, 11) is 4.67. The Labute approximate surface area is 197 Å². The van der Waals surface area contributed by atoms with Crippen molar-refractivity contribution in [1.82, 2.24) is 24.9 Å². The van der Waals surface area contributed by atoms with Crippen LogP contribution in [0.4, 0.5) is 0 Å². The summed E-state index contributed by atoms with van der Waals surface area (Å²) in [6.07, 6.45) is 8.19. The van der Waals surface area contributed by atoms with Gasteiger partial charge in [0.2, 0.25) is 17.5 Å². The van der Waals surface area contributed by atoms with Gasteiger partial charge in [-0.2, -0.15) is 5.10 Å². The maximum atomic E-state index is 12.7. The third-order valence-corrected chi connectivity index (χ3v) is 5.51.